The van der Waals surface area contributed by atoms with E-state index in [0.29, 0.717) is 9.32 Å². The molecule has 0 atom stereocenters. The second-order valence-electron chi connectivity index (χ2n) is 2.42. The summed E-state index contributed by atoms with van der Waals surface area (Å²) in [5.74, 6) is 0.156. The number of alkyl halides is 3. The molecule has 0 aliphatic rings. The zero-order chi connectivity index (χ0) is 11.5. The van der Waals surface area contributed by atoms with Crippen LogP contribution in [0.1, 0.15) is 0 Å². The van der Waals surface area contributed by atoms with Crippen LogP contribution in [0.5, 0.6) is 11.5 Å². The van der Waals surface area contributed by atoms with Crippen LogP contribution in [0.4, 0.5) is 13.2 Å². The third kappa shape index (κ3) is 3.98. The quantitative estimate of drug-likeness (QED) is 0.621. The molecule has 0 bridgehead atoms. The molecule has 1 aromatic carbocycles. The third-order valence-electron chi connectivity index (χ3n) is 1.35. The van der Waals surface area contributed by atoms with E-state index in [0.717, 1.165) is 0 Å². The Morgan fingerprint density at radius 2 is 2.00 bits per heavy atom. The maximum atomic E-state index is 11.8. The van der Waals surface area contributed by atoms with Gasteiger partial charge in [-0.1, -0.05) is 6.58 Å². The summed E-state index contributed by atoms with van der Waals surface area (Å²) in [7, 11) is 0. The molecule has 0 amide bonds. The van der Waals surface area contributed by atoms with Gasteiger partial charge >= 0.3 is 6.36 Å². The highest BCUT2D eigenvalue weighted by Crippen LogP contribution is 2.29. The van der Waals surface area contributed by atoms with Gasteiger partial charge in [0.25, 0.3) is 0 Å². The number of halogens is 4. The Bertz CT molecular complexity index is 363. The van der Waals surface area contributed by atoms with Gasteiger partial charge in [-0.05, 0) is 40.8 Å². The molecule has 15 heavy (non-hydrogen) atoms. The highest BCUT2D eigenvalue weighted by atomic mass is 127. The van der Waals surface area contributed by atoms with E-state index in [1.807, 2.05) is 22.6 Å². The van der Waals surface area contributed by atoms with Crippen molar-refractivity contribution in [1.82, 2.24) is 0 Å². The Kier molecular flexibility index (Phi) is 3.83. The molecule has 0 spiro atoms. The van der Waals surface area contributed by atoms with Crippen molar-refractivity contribution in [3.05, 3.63) is 34.6 Å². The van der Waals surface area contributed by atoms with Crippen molar-refractivity contribution in [3.63, 3.8) is 0 Å². The zero-order valence-electron chi connectivity index (χ0n) is 7.34. The molecule has 0 saturated carbocycles. The van der Waals surface area contributed by atoms with Crippen molar-refractivity contribution in [3.8, 4) is 11.5 Å². The van der Waals surface area contributed by atoms with Gasteiger partial charge in [0.05, 0.1) is 9.83 Å². The van der Waals surface area contributed by atoms with Crippen molar-refractivity contribution in [2.24, 2.45) is 0 Å². The number of hydrogen-bond donors (Lipinski definition) is 0. The van der Waals surface area contributed by atoms with E-state index in [1.165, 1.54) is 24.5 Å². The van der Waals surface area contributed by atoms with Crippen molar-refractivity contribution >= 4 is 22.6 Å². The lowest BCUT2D eigenvalue weighted by Crippen LogP contribution is -2.17. The molecule has 0 aliphatic carbocycles. The SMILES string of the molecule is C=COc1ccc(OC(F)(F)F)cc1I. The number of rotatable bonds is 3. The number of ether oxygens (including phenoxy) is 2. The first kappa shape index (κ1) is 12.2. The molecule has 0 radical (unpaired) electrons. The van der Waals surface area contributed by atoms with Crippen LogP contribution in [0.2, 0.25) is 0 Å². The summed E-state index contributed by atoms with van der Waals surface area (Å²) in [6.07, 6.45) is -3.48. The normalized spacial score (nSPS) is 10.9. The van der Waals surface area contributed by atoms with Crippen LogP contribution < -0.4 is 9.47 Å². The van der Waals surface area contributed by atoms with Gasteiger partial charge in [-0.2, -0.15) is 0 Å². The van der Waals surface area contributed by atoms with Crippen LogP contribution >= 0.6 is 22.6 Å². The van der Waals surface area contributed by atoms with Gasteiger partial charge in [-0.25, -0.2) is 0 Å². The van der Waals surface area contributed by atoms with Crippen LogP contribution in [0, 0.1) is 3.57 Å². The first-order valence-electron chi connectivity index (χ1n) is 3.75. The highest BCUT2D eigenvalue weighted by molar-refractivity contribution is 14.1. The summed E-state index contributed by atoms with van der Waals surface area (Å²) in [6.45, 7) is 3.34. The Labute approximate surface area is 97.8 Å². The van der Waals surface area contributed by atoms with Crippen molar-refractivity contribution in [1.29, 1.82) is 0 Å². The lowest BCUT2D eigenvalue weighted by atomic mass is 10.3. The molecule has 1 aromatic rings. The highest BCUT2D eigenvalue weighted by Gasteiger charge is 2.31. The van der Waals surface area contributed by atoms with Crippen LogP contribution in [0.25, 0.3) is 0 Å². The summed E-state index contributed by atoms with van der Waals surface area (Å²) >= 11 is 1.84. The molecule has 0 N–H and O–H groups in total. The summed E-state index contributed by atoms with van der Waals surface area (Å²) in [6, 6.07) is 3.78. The van der Waals surface area contributed by atoms with Gasteiger partial charge in [0, 0.05) is 0 Å². The smallest absolute Gasteiger partial charge is 0.465 e. The van der Waals surface area contributed by atoms with Crippen molar-refractivity contribution in [2.45, 2.75) is 6.36 Å². The van der Waals surface area contributed by atoms with Gasteiger partial charge in [-0.3, -0.25) is 0 Å². The average Bonchev–Trinajstić information content (AvgIpc) is 2.07. The molecule has 0 unspecified atom stereocenters. The first-order valence-corrected chi connectivity index (χ1v) is 4.83. The number of hydrogen-bond acceptors (Lipinski definition) is 2. The lowest BCUT2D eigenvalue weighted by Gasteiger charge is -2.10. The van der Waals surface area contributed by atoms with E-state index < -0.39 is 6.36 Å². The molecule has 6 heteroatoms. The average molecular weight is 330 g/mol. The first-order chi connectivity index (χ1) is 6.92. The predicted molar refractivity (Wildman–Crippen MR) is 56.7 cm³/mol. The van der Waals surface area contributed by atoms with E-state index in [-0.39, 0.29) is 5.75 Å². The van der Waals surface area contributed by atoms with Gasteiger partial charge in [0.15, 0.2) is 0 Å². The molecular weight excluding hydrogens is 324 g/mol. The molecule has 0 aliphatic heterocycles. The standard InChI is InChI=1S/C9H6F3IO2/c1-2-14-8-4-3-6(5-7(8)13)15-9(10,11)12/h2-5H,1H2. The van der Waals surface area contributed by atoms with E-state index in [2.05, 4.69) is 11.3 Å². The van der Waals surface area contributed by atoms with Crippen LogP contribution in [-0.4, -0.2) is 6.36 Å². The number of benzene rings is 1. The van der Waals surface area contributed by atoms with Crippen LogP contribution in [0.3, 0.4) is 0 Å². The molecule has 0 aromatic heterocycles. The summed E-state index contributed by atoms with van der Waals surface area (Å²) in [4.78, 5) is 0. The molecule has 0 saturated heterocycles. The fourth-order valence-corrected chi connectivity index (χ4v) is 1.48. The topological polar surface area (TPSA) is 18.5 Å². The molecule has 82 valence electrons. The van der Waals surface area contributed by atoms with E-state index in [9.17, 15) is 13.2 Å². The predicted octanol–water partition coefficient (Wildman–Crippen LogP) is 3.71. The monoisotopic (exact) mass is 330 g/mol. The minimum Gasteiger partial charge on any atom is -0.465 e. The molecule has 0 fully saturated rings. The van der Waals surface area contributed by atoms with E-state index in [1.54, 1.807) is 0 Å². The van der Waals surface area contributed by atoms with Gasteiger partial charge in [0.1, 0.15) is 11.5 Å². The molecule has 1 rings (SSSR count). The zero-order valence-corrected chi connectivity index (χ0v) is 9.50. The fourth-order valence-electron chi connectivity index (χ4n) is 0.864. The second-order valence-corrected chi connectivity index (χ2v) is 3.59. The minimum atomic E-state index is -4.68. The summed E-state index contributed by atoms with van der Waals surface area (Å²) in [5, 5.41) is 0. The van der Waals surface area contributed by atoms with E-state index >= 15 is 0 Å². The molecule has 0 heterocycles. The Hall–Kier alpha value is -0.920. The summed E-state index contributed by atoms with van der Waals surface area (Å²) < 4.78 is 44.7. The third-order valence-corrected chi connectivity index (χ3v) is 2.19. The minimum absolute atomic E-state index is 0.275. The van der Waals surface area contributed by atoms with Gasteiger partial charge in [-0.15, -0.1) is 13.2 Å². The second kappa shape index (κ2) is 4.73. The van der Waals surface area contributed by atoms with Gasteiger partial charge < -0.3 is 9.47 Å². The fraction of sp³-hybridized carbons (Fsp3) is 0.111. The Morgan fingerprint density at radius 1 is 1.33 bits per heavy atom. The molecular formula is C9H6F3IO2. The largest absolute Gasteiger partial charge is 0.573 e. The van der Waals surface area contributed by atoms with Gasteiger partial charge in [0.2, 0.25) is 0 Å². The maximum absolute atomic E-state index is 11.8. The van der Waals surface area contributed by atoms with Crippen molar-refractivity contribution in [2.75, 3.05) is 0 Å². The Morgan fingerprint density at radius 3 is 2.47 bits per heavy atom. The lowest BCUT2D eigenvalue weighted by molar-refractivity contribution is -0.274. The van der Waals surface area contributed by atoms with Crippen molar-refractivity contribution < 1.29 is 22.6 Å². The van der Waals surface area contributed by atoms with Crippen LogP contribution in [0.15, 0.2) is 31.0 Å². The maximum Gasteiger partial charge on any atom is 0.573 e. The Balaban J connectivity index is 2.86. The van der Waals surface area contributed by atoms with Crippen LogP contribution in [-0.2, 0) is 0 Å². The molecule has 2 nitrogen and oxygen atoms in total. The van der Waals surface area contributed by atoms with E-state index in [4.69, 9.17) is 4.74 Å². The summed E-state index contributed by atoms with van der Waals surface area (Å²) in [5.41, 5.74) is 0.